The third-order valence-corrected chi connectivity index (χ3v) is 2.23. The zero-order chi connectivity index (χ0) is 9.14. The number of nitrogens with two attached hydrogens (primary N) is 2. The van der Waals surface area contributed by atoms with E-state index in [2.05, 4.69) is 0 Å². The van der Waals surface area contributed by atoms with Crippen LogP contribution >= 0.6 is 24.0 Å². The Morgan fingerprint density at radius 3 is 2.54 bits per heavy atom. The van der Waals surface area contributed by atoms with E-state index in [1.165, 1.54) is 0 Å². The largest absolute Gasteiger partial charge is 0.329 e. The molecule has 0 amide bonds. The molecule has 0 unspecified atom stereocenters. The number of hydrogen-bond donors (Lipinski definition) is 2. The molecule has 0 aliphatic rings. The van der Waals surface area contributed by atoms with Gasteiger partial charge in [0.05, 0.1) is 0 Å². The van der Waals surface area contributed by atoms with Gasteiger partial charge in [0.15, 0.2) is 0 Å². The predicted octanol–water partition coefficient (Wildman–Crippen LogP) is 2.03. The average Bonchev–Trinajstić information content (AvgIpc) is 2.03. The number of aryl methyl sites for hydroxylation is 1. The summed E-state index contributed by atoms with van der Waals surface area (Å²) in [4.78, 5) is 0. The van der Waals surface area contributed by atoms with Crippen molar-refractivity contribution >= 4 is 24.0 Å². The number of rotatable bonds is 2. The Labute approximate surface area is 89.7 Å². The topological polar surface area (TPSA) is 52.0 Å². The minimum Gasteiger partial charge on any atom is -0.329 e. The van der Waals surface area contributed by atoms with Crippen LogP contribution in [0.5, 0.6) is 0 Å². The molecule has 4 heteroatoms. The molecule has 13 heavy (non-hydrogen) atoms. The summed E-state index contributed by atoms with van der Waals surface area (Å²) in [5, 5.41) is 0.702. The van der Waals surface area contributed by atoms with Crippen LogP contribution in [0, 0.1) is 6.92 Å². The van der Waals surface area contributed by atoms with E-state index in [1.54, 1.807) is 0 Å². The lowest BCUT2D eigenvalue weighted by Crippen LogP contribution is -2.21. The van der Waals surface area contributed by atoms with Gasteiger partial charge in [-0.2, -0.15) is 0 Å². The minimum absolute atomic E-state index is 0. The van der Waals surface area contributed by atoms with Gasteiger partial charge in [-0.1, -0.05) is 23.7 Å². The van der Waals surface area contributed by atoms with Gasteiger partial charge in [0, 0.05) is 17.6 Å². The fourth-order valence-electron chi connectivity index (χ4n) is 1.23. The molecule has 0 spiro atoms. The van der Waals surface area contributed by atoms with Crippen molar-refractivity contribution in [2.45, 2.75) is 13.0 Å². The van der Waals surface area contributed by atoms with Gasteiger partial charge in [0.1, 0.15) is 0 Å². The van der Waals surface area contributed by atoms with Gasteiger partial charge in [-0.15, -0.1) is 12.4 Å². The van der Waals surface area contributed by atoms with Crippen LogP contribution < -0.4 is 11.5 Å². The molecule has 0 heterocycles. The van der Waals surface area contributed by atoms with Gasteiger partial charge in [-0.25, -0.2) is 0 Å². The highest BCUT2D eigenvalue weighted by atomic mass is 35.5. The van der Waals surface area contributed by atoms with Crippen LogP contribution in [0.4, 0.5) is 0 Å². The lowest BCUT2D eigenvalue weighted by molar-refractivity contribution is 0.732. The number of halogens is 2. The first kappa shape index (κ1) is 12.7. The molecule has 74 valence electrons. The smallest absolute Gasteiger partial charge is 0.0456 e. The maximum absolute atomic E-state index is 5.97. The van der Waals surface area contributed by atoms with Crippen molar-refractivity contribution < 1.29 is 0 Å². The first-order valence-corrected chi connectivity index (χ1v) is 4.25. The first-order chi connectivity index (χ1) is 5.66. The quantitative estimate of drug-likeness (QED) is 0.802. The highest BCUT2D eigenvalue weighted by molar-refractivity contribution is 6.31. The van der Waals surface area contributed by atoms with Crippen LogP contribution in [-0.4, -0.2) is 6.54 Å². The predicted molar refractivity (Wildman–Crippen MR) is 59.4 cm³/mol. The van der Waals surface area contributed by atoms with Gasteiger partial charge in [-0.3, -0.25) is 0 Å². The molecule has 1 aromatic rings. The summed E-state index contributed by atoms with van der Waals surface area (Å²) in [5.41, 5.74) is 13.3. The summed E-state index contributed by atoms with van der Waals surface area (Å²) in [6.07, 6.45) is 0. The lowest BCUT2D eigenvalue weighted by atomic mass is 10.0. The molecule has 0 saturated heterocycles. The molecule has 0 fully saturated rings. The Kier molecular flexibility index (Phi) is 5.33. The van der Waals surface area contributed by atoms with Crippen molar-refractivity contribution in [2.75, 3.05) is 6.54 Å². The van der Waals surface area contributed by atoms with Crippen molar-refractivity contribution in [3.05, 3.63) is 34.3 Å². The highest BCUT2D eigenvalue weighted by Gasteiger charge is 2.10. The third-order valence-electron chi connectivity index (χ3n) is 1.90. The molecule has 0 aliphatic heterocycles. The van der Waals surface area contributed by atoms with Crippen molar-refractivity contribution in [1.82, 2.24) is 0 Å². The van der Waals surface area contributed by atoms with Gasteiger partial charge in [0.2, 0.25) is 0 Å². The fourth-order valence-corrected chi connectivity index (χ4v) is 1.59. The standard InChI is InChI=1S/C9H13ClN2.ClH/c1-6-3-2-4-7(10)9(6)8(12)5-11;/h2-4,8H,5,11-12H2,1H3;1H/t8-;/m1./s1. The van der Waals surface area contributed by atoms with Crippen LogP contribution in [-0.2, 0) is 0 Å². The number of benzene rings is 1. The second-order valence-electron chi connectivity index (χ2n) is 2.81. The molecule has 1 aromatic carbocycles. The van der Waals surface area contributed by atoms with E-state index in [0.717, 1.165) is 11.1 Å². The van der Waals surface area contributed by atoms with Gasteiger partial charge in [-0.05, 0) is 24.1 Å². The molecular formula is C9H14Cl2N2. The Bertz CT molecular complexity index is 256. The van der Waals surface area contributed by atoms with Crippen LogP contribution in [0.15, 0.2) is 18.2 Å². The van der Waals surface area contributed by atoms with Crippen molar-refractivity contribution in [3.8, 4) is 0 Å². The summed E-state index contributed by atoms with van der Waals surface area (Å²) in [6.45, 7) is 2.40. The monoisotopic (exact) mass is 220 g/mol. The molecule has 1 atom stereocenters. The molecule has 4 N–H and O–H groups in total. The Morgan fingerprint density at radius 2 is 2.08 bits per heavy atom. The molecule has 0 aromatic heterocycles. The van der Waals surface area contributed by atoms with Gasteiger partial charge < -0.3 is 11.5 Å². The summed E-state index contributed by atoms with van der Waals surface area (Å²) < 4.78 is 0. The molecule has 1 rings (SSSR count). The van der Waals surface area contributed by atoms with E-state index in [1.807, 2.05) is 25.1 Å². The zero-order valence-electron chi connectivity index (χ0n) is 7.46. The molecule has 0 saturated carbocycles. The second-order valence-corrected chi connectivity index (χ2v) is 3.22. The highest BCUT2D eigenvalue weighted by Crippen LogP contribution is 2.23. The van der Waals surface area contributed by atoms with Gasteiger partial charge in [0.25, 0.3) is 0 Å². The van der Waals surface area contributed by atoms with Crippen molar-refractivity contribution in [2.24, 2.45) is 11.5 Å². The fraction of sp³-hybridized carbons (Fsp3) is 0.333. The average molecular weight is 221 g/mol. The third kappa shape index (κ3) is 2.85. The molecule has 0 radical (unpaired) electrons. The molecule has 2 nitrogen and oxygen atoms in total. The van der Waals surface area contributed by atoms with E-state index in [9.17, 15) is 0 Å². The van der Waals surface area contributed by atoms with E-state index >= 15 is 0 Å². The lowest BCUT2D eigenvalue weighted by Gasteiger charge is -2.13. The van der Waals surface area contributed by atoms with Crippen LogP contribution in [0.25, 0.3) is 0 Å². The first-order valence-electron chi connectivity index (χ1n) is 3.87. The van der Waals surface area contributed by atoms with Crippen molar-refractivity contribution in [3.63, 3.8) is 0 Å². The molecule has 0 bridgehead atoms. The van der Waals surface area contributed by atoms with E-state index < -0.39 is 0 Å². The minimum atomic E-state index is -0.154. The van der Waals surface area contributed by atoms with E-state index in [4.69, 9.17) is 23.1 Å². The number of hydrogen-bond acceptors (Lipinski definition) is 2. The van der Waals surface area contributed by atoms with Crippen LogP contribution in [0.1, 0.15) is 17.2 Å². The second kappa shape index (κ2) is 5.45. The Balaban J connectivity index is 0.00000144. The maximum atomic E-state index is 5.97. The SMILES string of the molecule is Cc1cccc(Cl)c1[C@H](N)CN.Cl. The molecular weight excluding hydrogens is 207 g/mol. The summed E-state index contributed by atoms with van der Waals surface area (Å²) >= 11 is 5.97. The van der Waals surface area contributed by atoms with E-state index in [-0.39, 0.29) is 18.4 Å². The molecule has 0 aliphatic carbocycles. The summed E-state index contributed by atoms with van der Waals surface area (Å²) in [6, 6.07) is 5.57. The normalized spacial score (nSPS) is 12.0. The maximum Gasteiger partial charge on any atom is 0.0456 e. The Hall–Kier alpha value is -0.280. The zero-order valence-corrected chi connectivity index (χ0v) is 9.03. The van der Waals surface area contributed by atoms with E-state index in [0.29, 0.717) is 11.6 Å². The van der Waals surface area contributed by atoms with Crippen LogP contribution in [0.2, 0.25) is 5.02 Å². The Morgan fingerprint density at radius 1 is 1.46 bits per heavy atom. The van der Waals surface area contributed by atoms with Gasteiger partial charge >= 0.3 is 0 Å². The summed E-state index contributed by atoms with van der Waals surface area (Å²) in [7, 11) is 0. The van der Waals surface area contributed by atoms with Crippen LogP contribution in [0.3, 0.4) is 0 Å². The van der Waals surface area contributed by atoms with Crippen molar-refractivity contribution in [1.29, 1.82) is 0 Å². The summed E-state index contributed by atoms with van der Waals surface area (Å²) in [5.74, 6) is 0.